The fraction of sp³-hybridized carbons (Fsp3) is 0.417. The molecule has 2 nitrogen and oxygen atoms in total. The zero-order valence-corrected chi connectivity index (χ0v) is 9.93. The minimum atomic E-state index is -0.857. The molecule has 1 aromatic heterocycles. The molecule has 0 unspecified atom stereocenters. The van der Waals surface area contributed by atoms with Crippen LogP contribution >= 0.6 is 11.3 Å². The van der Waals surface area contributed by atoms with Gasteiger partial charge < -0.3 is 5.11 Å². The van der Waals surface area contributed by atoms with E-state index in [0.717, 1.165) is 29.7 Å². The van der Waals surface area contributed by atoms with E-state index in [0.29, 0.717) is 0 Å². The number of aryl methyl sites for hydroxylation is 1. The van der Waals surface area contributed by atoms with Gasteiger partial charge >= 0.3 is 5.97 Å². The molecule has 1 rings (SSSR count). The van der Waals surface area contributed by atoms with Crippen LogP contribution < -0.4 is 0 Å². The number of hydrogen-bond donors (Lipinski definition) is 1. The predicted octanol–water partition coefficient (Wildman–Crippen LogP) is 3.58. The molecule has 0 saturated carbocycles. The van der Waals surface area contributed by atoms with Gasteiger partial charge in [-0.1, -0.05) is 20.3 Å². The normalized spacial score (nSPS) is 11.7. The summed E-state index contributed by atoms with van der Waals surface area (Å²) < 4.78 is 0. The molecule has 0 fully saturated rings. The standard InChI is InChI=1S/C12H16O2S/c1-3-5-9(8-12(13)14)11-7-6-10(4-2)15-11/h6-8H,3-5H2,1-2H3,(H,13,14)/b9-8+. The number of allylic oxidation sites excluding steroid dienone is 1. The molecule has 0 spiro atoms. The van der Waals surface area contributed by atoms with Gasteiger partial charge in [-0.25, -0.2) is 4.79 Å². The highest BCUT2D eigenvalue weighted by Gasteiger charge is 2.06. The Balaban J connectivity index is 2.93. The van der Waals surface area contributed by atoms with E-state index in [9.17, 15) is 4.79 Å². The Hall–Kier alpha value is -1.09. The van der Waals surface area contributed by atoms with Crippen molar-refractivity contribution < 1.29 is 9.90 Å². The van der Waals surface area contributed by atoms with Crippen molar-refractivity contribution in [2.75, 3.05) is 0 Å². The number of hydrogen-bond acceptors (Lipinski definition) is 2. The minimum Gasteiger partial charge on any atom is -0.478 e. The highest BCUT2D eigenvalue weighted by molar-refractivity contribution is 7.13. The smallest absolute Gasteiger partial charge is 0.328 e. The Morgan fingerprint density at radius 2 is 2.20 bits per heavy atom. The maximum Gasteiger partial charge on any atom is 0.328 e. The fourth-order valence-electron chi connectivity index (χ4n) is 1.43. The van der Waals surface area contributed by atoms with Crippen LogP contribution in [0.15, 0.2) is 18.2 Å². The lowest BCUT2D eigenvalue weighted by atomic mass is 10.1. The third-order valence-corrected chi connectivity index (χ3v) is 3.45. The summed E-state index contributed by atoms with van der Waals surface area (Å²) in [5.74, 6) is -0.857. The molecule has 0 saturated heterocycles. The zero-order chi connectivity index (χ0) is 11.3. The van der Waals surface area contributed by atoms with Gasteiger partial charge in [0.2, 0.25) is 0 Å². The average molecular weight is 224 g/mol. The maximum absolute atomic E-state index is 10.7. The monoisotopic (exact) mass is 224 g/mol. The lowest BCUT2D eigenvalue weighted by Crippen LogP contribution is -1.90. The van der Waals surface area contributed by atoms with Gasteiger partial charge in [0, 0.05) is 15.8 Å². The SMILES string of the molecule is CCC/C(=C\C(=O)O)c1ccc(CC)s1. The summed E-state index contributed by atoms with van der Waals surface area (Å²) in [4.78, 5) is 13.1. The molecule has 0 radical (unpaired) electrons. The Morgan fingerprint density at radius 1 is 1.47 bits per heavy atom. The van der Waals surface area contributed by atoms with Crippen molar-refractivity contribution in [1.29, 1.82) is 0 Å². The van der Waals surface area contributed by atoms with Crippen molar-refractivity contribution in [1.82, 2.24) is 0 Å². The fourth-order valence-corrected chi connectivity index (χ4v) is 2.42. The Labute approximate surface area is 94.3 Å². The lowest BCUT2D eigenvalue weighted by molar-refractivity contribution is -0.131. The summed E-state index contributed by atoms with van der Waals surface area (Å²) in [5.41, 5.74) is 0.940. The van der Waals surface area contributed by atoms with Crippen molar-refractivity contribution in [3.8, 4) is 0 Å². The first-order valence-corrected chi connectivity index (χ1v) is 6.01. The topological polar surface area (TPSA) is 37.3 Å². The van der Waals surface area contributed by atoms with E-state index in [1.165, 1.54) is 11.0 Å². The van der Waals surface area contributed by atoms with E-state index in [1.54, 1.807) is 11.3 Å². The highest BCUT2D eigenvalue weighted by atomic mass is 32.1. The van der Waals surface area contributed by atoms with Gasteiger partial charge in [-0.3, -0.25) is 0 Å². The third kappa shape index (κ3) is 3.51. The molecule has 3 heteroatoms. The second kappa shape index (κ2) is 5.71. The number of carbonyl (C=O) groups is 1. The van der Waals surface area contributed by atoms with Crippen LogP contribution in [0.3, 0.4) is 0 Å². The second-order valence-electron chi connectivity index (χ2n) is 3.38. The number of rotatable bonds is 5. The molecule has 0 amide bonds. The summed E-state index contributed by atoms with van der Waals surface area (Å²) in [6, 6.07) is 4.10. The molecule has 15 heavy (non-hydrogen) atoms. The number of aliphatic carboxylic acids is 1. The van der Waals surface area contributed by atoms with Crippen LogP contribution in [0, 0.1) is 0 Å². The predicted molar refractivity (Wildman–Crippen MR) is 64.2 cm³/mol. The Kier molecular flexibility index (Phi) is 4.56. The summed E-state index contributed by atoms with van der Waals surface area (Å²) in [6.07, 6.45) is 4.14. The van der Waals surface area contributed by atoms with Crippen molar-refractivity contribution in [2.24, 2.45) is 0 Å². The first kappa shape index (κ1) is 12.0. The van der Waals surface area contributed by atoms with Crippen LogP contribution in [0.1, 0.15) is 36.4 Å². The second-order valence-corrected chi connectivity index (χ2v) is 4.55. The van der Waals surface area contributed by atoms with Crippen LogP contribution in [0.4, 0.5) is 0 Å². The van der Waals surface area contributed by atoms with Crippen molar-refractivity contribution in [3.05, 3.63) is 28.0 Å². The van der Waals surface area contributed by atoms with Gasteiger partial charge in [0.15, 0.2) is 0 Å². The average Bonchev–Trinajstić information content (AvgIpc) is 2.64. The van der Waals surface area contributed by atoms with Crippen LogP contribution in [-0.4, -0.2) is 11.1 Å². The van der Waals surface area contributed by atoms with E-state index >= 15 is 0 Å². The van der Waals surface area contributed by atoms with E-state index in [1.807, 2.05) is 6.07 Å². The zero-order valence-electron chi connectivity index (χ0n) is 9.12. The molecule has 1 heterocycles. The molecule has 82 valence electrons. The Bertz CT molecular complexity index is 363. The van der Waals surface area contributed by atoms with Crippen molar-refractivity contribution in [3.63, 3.8) is 0 Å². The molecule has 0 aliphatic heterocycles. The van der Waals surface area contributed by atoms with E-state index in [2.05, 4.69) is 19.9 Å². The van der Waals surface area contributed by atoms with Crippen LogP contribution in [0.2, 0.25) is 0 Å². The summed E-state index contributed by atoms with van der Waals surface area (Å²) in [6.45, 7) is 4.17. The molecular formula is C12H16O2S. The first-order chi connectivity index (χ1) is 7.17. The number of thiophene rings is 1. The van der Waals surface area contributed by atoms with Crippen LogP contribution in [0.5, 0.6) is 0 Å². The summed E-state index contributed by atoms with van der Waals surface area (Å²) in [7, 11) is 0. The maximum atomic E-state index is 10.7. The van der Waals surface area contributed by atoms with Gasteiger partial charge in [-0.05, 0) is 30.5 Å². The quantitative estimate of drug-likeness (QED) is 0.776. The lowest BCUT2D eigenvalue weighted by Gasteiger charge is -2.01. The molecule has 1 aromatic rings. The largest absolute Gasteiger partial charge is 0.478 e. The van der Waals surface area contributed by atoms with E-state index in [4.69, 9.17) is 5.11 Å². The molecule has 0 aliphatic carbocycles. The molecular weight excluding hydrogens is 208 g/mol. The highest BCUT2D eigenvalue weighted by Crippen LogP contribution is 2.27. The van der Waals surface area contributed by atoms with Crippen LogP contribution in [-0.2, 0) is 11.2 Å². The Morgan fingerprint density at radius 3 is 2.67 bits per heavy atom. The molecule has 0 bridgehead atoms. The minimum absolute atomic E-state index is 0.829. The van der Waals surface area contributed by atoms with Crippen molar-refractivity contribution in [2.45, 2.75) is 33.1 Å². The third-order valence-electron chi connectivity index (χ3n) is 2.14. The van der Waals surface area contributed by atoms with E-state index in [-0.39, 0.29) is 0 Å². The van der Waals surface area contributed by atoms with Crippen molar-refractivity contribution >= 4 is 22.9 Å². The van der Waals surface area contributed by atoms with Crippen LogP contribution in [0.25, 0.3) is 5.57 Å². The molecule has 0 atom stereocenters. The molecule has 0 aliphatic rings. The summed E-state index contributed by atoms with van der Waals surface area (Å²) in [5, 5.41) is 8.76. The van der Waals surface area contributed by atoms with Gasteiger partial charge in [0.25, 0.3) is 0 Å². The van der Waals surface area contributed by atoms with Gasteiger partial charge in [0.1, 0.15) is 0 Å². The van der Waals surface area contributed by atoms with Gasteiger partial charge in [0.05, 0.1) is 0 Å². The number of carboxylic acid groups (broad SMARTS) is 1. The molecule has 1 N–H and O–H groups in total. The van der Waals surface area contributed by atoms with Gasteiger partial charge in [-0.15, -0.1) is 11.3 Å². The van der Waals surface area contributed by atoms with E-state index < -0.39 is 5.97 Å². The first-order valence-electron chi connectivity index (χ1n) is 5.20. The van der Waals surface area contributed by atoms with Gasteiger partial charge in [-0.2, -0.15) is 0 Å². The number of carboxylic acids is 1. The summed E-state index contributed by atoms with van der Waals surface area (Å²) >= 11 is 1.69. The molecule has 0 aromatic carbocycles.